The maximum atomic E-state index is 5.98. The maximum absolute atomic E-state index is 5.98. The molecule has 2 aliphatic heterocycles. The van der Waals surface area contributed by atoms with E-state index in [2.05, 4.69) is 33.2 Å². The van der Waals surface area contributed by atoms with Crippen molar-refractivity contribution in [2.24, 2.45) is 0 Å². The molecule has 7 nitrogen and oxygen atoms in total. The molecule has 4 rings (SSSR count). The van der Waals surface area contributed by atoms with Crippen LogP contribution in [0, 0.1) is 6.92 Å². The van der Waals surface area contributed by atoms with Gasteiger partial charge in [-0.2, -0.15) is 0 Å². The molecule has 0 aromatic carbocycles. The van der Waals surface area contributed by atoms with Gasteiger partial charge in [0.1, 0.15) is 11.6 Å². The molecule has 0 amide bonds. The van der Waals surface area contributed by atoms with Gasteiger partial charge < -0.3 is 9.64 Å². The van der Waals surface area contributed by atoms with Gasteiger partial charge in [0.25, 0.3) is 0 Å². The van der Waals surface area contributed by atoms with E-state index in [0.717, 1.165) is 55.4 Å². The highest BCUT2D eigenvalue weighted by Crippen LogP contribution is 2.31. The van der Waals surface area contributed by atoms with Gasteiger partial charge in [-0.05, 0) is 19.8 Å². The molecule has 0 radical (unpaired) electrons. The second kappa shape index (κ2) is 5.88. The largest absolute Gasteiger partial charge is 0.370 e. The Morgan fingerprint density at radius 2 is 2.26 bits per heavy atom. The van der Waals surface area contributed by atoms with E-state index in [1.165, 1.54) is 0 Å². The van der Waals surface area contributed by atoms with Gasteiger partial charge in [-0.15, -0.1) is 5.10 Å². The molecule has 2 aliphatic rings. The normalized spacial score (nSPS) is 23.5. The highest BCUT2D eigenvalue weighted by Gasteiger charge is 2.36. The molecule has 7 heteroatoms. The third-order valence-electron chi connectivity index (χ3n) is 4.61. The standard InChI is InChI=1S/C16H22N6O/c1-3-4-15-18-11(2)7-16(19-15)21-6-5-14-13(9-21)22-12(10-23-14)8-17-20-22/h7-8,13-14H,3-6,9-10H2,1-2H3/t13-,14-/m0/s1. The summed E-state index contributed by atoms with van der Waals surface area (Å²) in [4.78, 5) is 11.6. The minimum atomic E-state index is 0.208. The van der Waals surface area contributed by atoms with E-state index in [9.17, 15) is 0 Å². The van der Waals surface area contributed by atoms with Crippen molar-refractivity contribution in [3.8, 4) is 0 Å². The number of nitrogens with zero attached hydrogens (tertiary/aromatic N) is 6. The lowest BCUT2D eigenvalue weighted by atomic mass is 10.0. The molecule has 2 aromatic rings. The van der Waals surface area contributed by atoms with Crippen molar-refractivity contribution >= 4 is 5.82 Å². The fourth-order valence-electron chi connectivity index (χ4n) is 3.50. The maximum Gasteiger partial charge on any atom is 0.132 e. The number of aromatic nitrogens is 5. The van der Waals surface area contributed by atoms with Crippen LogP contribution in [0.4, 0.5) is 5.82 Å². The van der Waals surface area contributed by atoms with Gasteiger partial charge in [-0.1, -0.05) is 12.1 Å². The number of aryl methyl sites for hydroxylation is 2. The van der Waals surface area contributed by atoms with Crippen molar-refractivity contribution in [3.63, 3.8) is 0 Å². The van der Waals surface area contributed by atoms with Crippen molar-refractivity contribution in [2.45, 2.75) is 51.9 Å². The van der Waals surface area contributed by atoms with Gasteiger partial charge in [0, 0.05) is 31.3 Å². The lowest BCUT2D eigenvalue weighted by molar-refractivity contribution is -0.0373. The number of ether oxygens (including phenoxy) is 1. The molecular formula is C16H22N6O. The molecule has 4 heterocycles. The Morgan fingerprint density at radius 3 is 3.13 bits per heavy atom. The highest BCUT2D eigenvalue weighted by atomic mass is 16.5. The van der Waals surface area contributed by atoms with Gasteiger partial charge in [0.2, 0.25) is 0 Å². The Labute approximate surface area is 135 Å². The Hall–Kier alpha value is -2.02. The van der Waals surface area contributed by atoms with Crippen LogP contribution in [0.2, 0.25) is 0 Å². The molecule has 2 atom stereocenters. The molecule has 0 spiro atoms. The van der Waals surface area contributed by atoms with Crippen molar-refractivity contribution in [2.75, 3.05) is 18.0 Å². The van der Waals surface area contributed by atoms with Crippen LogP contribution in [0.5, 0.6) is 0 Å². The molecule has 23 heavy (non-hydrogen) atoms. The van der Waals surface area contributed by atoms with Gasteiger partial charge in [-0.3, -0.25) is 0 Å². The fourth-order valence-corrected chi connectivity index (χ4v) is 3.50. The second-order valence-corrected chi connectivity index (χ2v) is 6.36. The monoisotopic (exact) mass is 314 g/mol. The average Bonchev–Trinajstić information content (AvgIpc) is 3.03. The van der Waals surface area contributed by atoms with Crippen molar-refractivity contribution in [1.29, 1.82) is 0 Å². The smallest absolute Gasteiger partial charge is 0.132 e. The molecule has 0 saturated carbocycles. The Balaban J connectivity index is 1.60. The molecular weight excluding hydrogens is 292 g/mol. The molecule has 2 aromatic heterocycles. The SMILES string of the molecule is CCCc1nc(C)cc(N2CC[C@@H]3OCc4cnnn4[C@H]3C2)n1. The number of hydrogen-bond acceptors (Lipinski definition) is 6. The summed E-state index contributed by atoms with van der Waals surface area (Å²) < 4.78 is 8.01. The molecule has 122 valence electrons. The first-order valence-corrected chi connectivity index (χ1v) is 8.34. The van der Waals surface area contributed by atoms with E-state index >= 15 is 0 Å². The van der Waals surface area contributed by atoms with Gasteiger partial charge in [0.15, 0.2) is 0 Å². The zero-order chi connectivity index (χ0) is 15.8. The Kier molecular flexibility index (Phi) is 3.72. The Morgan fingerprint density at radius 1 is 1.35 bits per heavy atom. The molecule has 0 unspecified atom stereocenters. The van der Waals surface area contributed by atoms with Crippen LogP contribution in [-0.4, -0.2) is 44.2 Å². The summed E-state index contributed by atoms with van der Waals surface area (Å²) >= 11 is 0. The lowest BCUT2D eigenvalue weighted by Gasteiger charge is -2.41. The molecule has 0 N–H and O–H groups in total. The third-order valence-corrected chi connectivity index (χ3v) is 4.61. The van der Waals surface area contributed by atoms with E-state index in [1.807, 2.05) is 11.6 Å². The van der Waals surface area contributed by atoms with Crippen LogP contribution in [0.15, 0.2) is 12.3 Å². The quantitative estimate of drug-likeness (QED) is 0.858. The van der Waals surface area contributed by atoms with E-state index in [4.69, 9.17) is 9.72 Å². The predicted molar refractivity (Wildman–Crippen MR) is 85.2 cm³/mol. The van der Waals surface area contributed by atoms with Crippen LogP contribution < -0.4 is 4.90 Å². The predicted octanol–water partition coefficient (Wildman–Crippen LogP) is 1.68. The summed E-state index contributed by atoms with van der Waals surface area (Å²) in [6, 6.07) is 2.28. The number of anilines is 1. The first kappa shape index (κ1) is 14.6. The van der Waals surface area contributed by atoms with Gasteiger partial charge >= 0.3 is 0 Å². The Bertz CT molecular complexity index is 700. The summed E-state index contributed by atoms with van der Waals surface area (Å²) in [7, 11) is 0. The summed E-state index contributed by atoms with van der Waals surface area (Å²) in [5.41, 5.74) is 2.08. The first-order chi connectivity index (χ1) is 11.2. The minimum Gasteiger partial charge on any atom is -0.370 e. The van der Waals surface area contributed by atoms with E-state index in [0.29, 0.717) is 6.61 Å². The fraction of sp³-hybridized carbons (Fsp3) is 0.625. The van der Waals surface area contributed by atoms with Gasteiger partial charge in [0.05, 0.1) is 30.6 Å². The third kappa shape index (κ3) is 2.69. The zero-order valence-corrected chi connectivity index (χ0v) is 13.6. The van der Waals surface area contributed by atoms with E-state index < -0.39 is 0 Å². The highest BCUT2D eigenvalue weighted by molar-refractivity contribution is 5.41. The topological polar surface area (TPSA) is 69.0 Å². The zero-order valence-electron chi connectivity index (χ0n) is 13.6. The summed E-state index contributed by atoms with van der Waals surface area (Å²) in [6.45, 7) is 6.61. The molecule has 1 fully saturated rings. The van der Waals surface area contributed by atoms with Crippen molar-refractivity contribution < 1.29 is 4.74 Å². The van der Waals surface area contributed by atoms with Crippen LogP contribution >= 0.6 is 0 Å². The van der Waals surface area contributed by atoms with Crippen LogP contribution in [-0.2, 0) is 17.8 Å². The second-order valence-electron chi connectivity index (χ2n) is 6.36. The number of piperidine rings is 1. The molecule has 0 aliphatic carbocycles. The molecule has 1 saturated heterocycles. The van der Waals surface area contributed by atoms with Crippen molar-refractivity contribution in [3.05, 3.63) is 29.5 Å². The first-order valence-electron chi connectivity index (χ1n) is 8.34. The summed E-state index contributed by atoms with van der Waals surface area (Å²) in [5, 5.41) is 8.30. The van der Waals surface area contributed by atoms with Crippen molar-refractivity contribution in [1.82, 2.24) is 25.0 Å². The molecule has 0 bridgehead atoms. The average molecular weight is 314 g/mol. The minimum absolute atomic E-state index is 0.208. The number of hydrogen-bond donors (Lipinski definition) is 0. The van der Waals surface area contributed by atoms with Crippen LogP contribution in [0.25, 0.3) is 0 Å². The van der Waals surface area contributed by atoms with E-state index in [-0.39, 0.29) is 12.1 Å². The van der Waals surface area contributed by atoms with Crippen LogP contribution in [0.1, 0.15) is 43.0 Å². The summed E-state index contributed by atoms with van der Waals surface area (Å²) in [5.74, 6) is 1.96. The van der Waals surface area contributed by atoms with E-state index in [1.54, 1.807) is 6.20 Å². The summed E-state index contributed by atoms with van der Waals surface area (Å²) in [6.07, 6.45) is 4.98. The van der Waals surface area contributed by atoms with Gasteiger partial charge in [-0.25, -0.2) is 14.6 Å². The number of rotatable bonds is 3. The number of fused-ring (bicyclic) bond motifs is 3. The lowest BCUT2D eigenvalue weighted by Crippen LogP contribution is -2.48. The van der Waals surface area contributed by atoms with Crippen LogP contribution in [0.3, 0.4) is 0 Å².